The largest absolute Gasteiger partial charge is 0.548 e. The molecule has 3 nitrogen and oxygen atoms in total. The molecule has 0 fully saturated rings. The van der Waals surface area contributed by atoms with E-state index < -0.39 is 12.0 Å². The maximum atomic E-state index is 10.7. The molecule has 1 unspecified atom stereocenters. The molecule has 0 amide bonds. The summed E-state index contributed by atoms with van der Waals surface area (Å²) < 4.78 is 0. The number of carboxylic acids is 1. The van der Waals surface area contributed by atoms with Gasteiger partial charge in [0.05, 0.1) is 5.97 Å². The van der Waals surface area contributed by atoms with Gasteiger partial charge in [-0.1, -0.05) is 71.6 Å². The first kappa shape index (κ1) is 18.4. The average molecular weight is 270 g/mol. The van der Waals surface area contributed by atoms with Crippen LogP contribution in [0.3, 0.4) is 0 Å². The van der Waals surface area contributed by atoms with Gasteiger partial charge in [0.15, 0.2) is 0 Å². The van der Waals surface area contributed by atoms with Crippen molar-refractivity contribution in [3.63, 3.8) is 0 Å². The summed E-state index contributed by atoms with van der Waals surface area (Å²) in [6.45, 7) is 4.91. The Morgan fingerprint density at radius 1 is 0.895 bits per heavy atom. The summed E-state index contributed by atoms with van der Waals surface area (Å²) >= 11 is 0. The van der Waals surface area contributed by atoms with Crippen LogP contribution in [0.2, 0.25) is 0 Å². The molecule has 0 aliphatic rings. The van der Waals surface area contributed by atoms with Gasteiger partial charge in [0.25, 0.3) is 0 Å². The summed E-state index contributed by atoms with van der Waals surface area (Å²) in [4.78, 5) is 10.7. The Morgan fingerprint density at radius 2 is 1.37 bits per heavy atom. The molecule has 0 radical (unpaired) electrons. The highest BCUT2D eigenvalue weighted by atomic mass is 16.4. The molecule has 0 aromatic carbocycles. The molecule has 0 rings (SSSR count). The first-order chi connectivity index (χ1) is 9.22. The van der Waals surface area contributed by atoms with Crippen LogP contribution >= 0.6 is 0 Å². The van der Waals surface area contributed by atoms with Crippen molar-refractivity contribution in [1.29, 1.82) is 0 Å². The Kier molecular flexibility index (Phi) is 13.4. The van der Waals surface area contributed by atoms with Gasteiger partial charge in [-0.05, 0) is 19.4 Å². The maximum absolute atomic E-state index is 10.7. The van der Waals surface area contributed by atoms with Crippen molar-refractivity contribution >= 4 is 5.97 Å². The van der Waals surface area contributed by atoms with E-state index in [0.717, 1.165) is 13.0 Å². The lowest BCUT2D eigenvalue weighted by Crippen LogP contribution is -2.45. The van der Waals surface area contributed by atoms with Gasteiger partial charge in [-0.25, -0.2) is 0 Å². The minimum atomic E-state index is -0.977. The number of aliphatic carboxylic acids is 1. The first-order valence-corrected chi connectivity index (χ1v) is 8.16. The summed E-state index contributed by atoms with van der Waals surface area (Å²) in [5, 5.41) is 13.7. The highest BCUT2D eigenvalue weighted by molar-refractivity contribution is 5.70. The molecule has 1 N–H and O–H groups in total. The van der Waals surface area contributed by atoms with Crippen LogP contribution in [0.4, 0.5) is 0 Å². The van der Waals surface area contributed by atoms with Gasteiger partial charge in [-0.15, -0.1) is 0 Å². The second kappa shape index (κ2) is 13.9. The molecule has 0 aromatic rings. The zero-order valence-corrected chi connectivity index (χ0v) is 12.9. The summed E-state index contributed by atoms with van der Waals surface area (Å²) in [7, 11) is 0. The molecule has 0 aromatic heterocycles. The van der Waals surface area contributed by atoms with Gasteiger partial charge in [-0.2, -0.15) is 0 Å². The monoisotopic (exact) mass is 270 g/mol. The van der Waals surface area contributed by atoms with Crippen LogP contribution in [-0.4, -0.2) is 18.6 Å². The summed E-state index contributed by atoms with van der Waals surface area (Å²) in [6, 6.07) is -0.474. The smallest absolute Gasteiger partial charge is 0.0584 e. The molecule has 0 saturated heterocycles. The minimum Gasteiger partial charge on any atom is -0.548 e. The molecule has 0 saturated carbocycles. The molecule has 114 valence electrons. The van der Waals surface area contributed by atoms with Crippen LogP contribution in [0.5, 0.6) is 0 Å². The van der Waals surface area contributed by atoms with Crippen molar-refractivity contribution in [3.8, 4) is 0 Å². The third-order valence-corrected chi connectivity index (χ3v) is 3.61. The molecule has 0 bridgehead atoms. The van der Waals surface area contributed by atoms with Crippen molar-refractivity contribution in [2.45, 2.75) is 90.5 Å². The van der Waals surface area contributed by atoms with Crippen LogP contribution < -0.4 is 10.4 Å². The second-order valence-electron chi connectivity index (χ2n) is 5.42. The van der Waals surface area contributed by atoms with Crippen LogP contribution in [-0.2, 0) is 4.79 Å². The zero-order valence-electron chi connectivity index (χ0n) is 12.9. The Labute approximate surface area is 119 Å². The third-order valence-electron chi connectivity index (χ3n) is 3.61. The summed E-state index contributed by atoms with van der Waals surface area (Å²) in [6.07, 6.45) is 13.7. The highest BCUT2D eigenvalue weighted by Gasteiger charge is 2.04. The van der Waals surface area contributed by atoms with E-state index in [0.29, 0.717) is 6.42 Å². The van der Waals surface area contributed by atoms with Crippen LogP contribution in [0.25, 0.3) is 0 Å². The predicted octanol–water partition coefficient (Wildman–Crippen LogP) is 3.03. The van der Waals surface area contributed by atoms with Gasteiger partial charge in [0.2, 0.25) is 0 Å². The SMILES string of the molecule is CCCCCCCCCCCCNC(CC)C(=O)[O-]. The molecule has 1 atom stereocenters. The number of hydrogen-bond acceptors (Lipinski definition) is 3. The lowest BCUT2D eigenvalue weighted by Gasteiger charge is -2.17. The molecule has 0 aliphatic carbocycles. The number of hydrogen-bond donors (Lipinski definition) is 1. The quantitative estimate of drug-likeness (QED) is 0.494. The Bertz CT molecular complexity index is 207. The average Bonchev–Trinajstić information content (AvgIpc) is 2.40. The van der Waals surface area contributed by atoms with Gasteiger partial charge >= 0.3 is 0 Å². The maximum Gasteiger partial charge on any atom is 0.0584 e. The summed E-state index contributed by atoms with van der Waals surface area (Å²) in [5.41, 5.74) is 0. The van der Waals surface area contributed by atoms with Crippen LogP contribution in [0.1, 0.15) is 84.5 Å². The fourth-order valence-corrected chi connectivity index (χ4v) is 2.28. The molecule has 0 aliphatic heterocycles. The minimum absolute atomic E-state index is 0.474. The molecular weight excluding hydrogens is 238 g/mol. The van der Waals surface area contributed by atoms with E-state index in [1.807, 2.05) is 6.92 Å². The standard InChI is InChI=1S/C16H33NO2/c1-3-5-6-7-8-9-10-11-12-13-14-17-15(4-2)16(18)19/h15,17H,3-14H2,1-2H3,(H,18,19)/p-1. The van der Waals surface area contributed by atoms with Crippen molar-refractivity contribution < 1.29 is 9.90 Å². The van der Waals surface area contributed by atoms with Crippen molar-refractivity contribution in [2.24, 2.45) is 0 Å². The number of unbranched alkanes of at least 4 members (excludes halogenated alkanes) is 9. The van der Waals surface area contributed by atoms with Gasteiger partial charge in [-0.3, -0.25) is 0 Å². The van der Waals surface area contributed by atoms with Gasteiger partial charge in [0, 0.05) is 6.04 Å². The van der Waals surface area contributed by atoms with Crippen LogP contribution in [0, 0.1) is 0 Å². The number of nitrogens with one attached hydrogen (secondary N) is 1. The predicted molar refractivity (Wildman–Crippen MR) is 78.9 cm³/mol. The van der Waals surface area contributed by atoms with E-state index in [2.05, 4.69) is 12.2 Å². The fraction of sp³-hybridized carbons (Fsp3) is 0.938. The van der Waals surface area contributed by atoms with Gasteiger partial charge in [0.1, 0.15) is 0 Å². The Hall–Kier alpha value is -0.570. The number of carbonyl (C=O) groups excluding carboxylic acids is 1. The molecular formula is C16H32NO2-. The number of carbonyl (C=O) groups is 1. The van der Waals surface area contributed by atoms with E-state index in [4.69, 9.17) is 0 Å². The van der Waals surface area contributed by atoms with Crippen molar-refractivity contribution in [3.05, 3.63) is 0 Å². The first-order valence-electron chi connectivity index (χ1n) is 8.16. The second-order valence-corrected chi connectivity index (χ2v) is 5.42. The molecule has 19 heavy (non-hydrogen) atoms. The molecule has 0 spiro atoms. The lowest BCUT2D eigenvalue weighted by atomic mass is 10.1. The van der Waals surface area contributed by atoms with E-state index in [1.54, 1.807) is 0 Å². The Morgan fingerprint density at radius 3 is 1.79 bits per heavy atom. The summed E-state index contributed by atoms with van der Waals surface area (Å²) in [5.74, 6) is -0.977. The van der Waals surface area contributed by atoms with Gasteiger partial charge < -0.3 is 15.2 Å². The topological polar surface area (TPSA) is 52.2 Å². The number of rotatable bonds is 14. The zero-order chi connectivity index (χ0) is 14.3. The van der Waals surface area contributed by atoms with E-state index in [-0.39, 0.29) is 0 Å². The normalized spacial score (nSPS) is 12.5. The molecule has 3 heteroatoms. The Balaban J connectivity index is 3.16. The third kappa shape index (κ3) is 12.2. The fourth-order valence-electron chi connectivity index (χ4n) is 2.28. The van der Waals surface area contributed by atoms with Crippen molar-refractivity contribution in [1.82, 2.24) is 5.32 Å². The molecule has 0 heterocycles. The highest BCUT2D eigenvalue weighted by Crippen LogP contribution is 2.10. The van der Waals surface area contributed by atoms with Crippen molar-refractivity contribution in [2.75, 3.05) is 6.54 Å². The van der Waals surface area contributed by atoms with E-state index >= 15 is 0 Å². The van der Waals surface area contributed by atoms with Crippen LogP contribution in [0.15, 0.2) is 0 Å². The van der Waals surface area contributed by atoms with E-state index in [1.165, 1.54) is 57.8 Å². The lowest BCUT2D eigenvalue weighted by molar-refractivity contribution is -0.308. The van der Waals surface area contributed by atoms with E-state index in [9.17, 15) is 9.90 Å². The number of carboxylic acid groups (broad SMARTS) is 1.